The van der Waals surface area contributed by atoms with E-state index in [1.807, 2.05) is 13.8 Å². The van der Waals surface area contributed by atoms with Crippen LogP contribution in [0.15, 0.2) is 115 Å². The Morgan fingerprint density at radius 1 is 0.532 bits per heavy atom. The fraction of sp³-hybridized carbons (Fsp3) is 0.424. The van der Waals surface area contributed by atoms with Crippen LogP contribution < -0.4 is 59.7 Å². The third kappa shape index (κ3) is 21.4. The first-order valence-corrected chi connectivity index (χ1v) is 31.0. The van der Waals surface area contributed by atoms with Crippen molar-refractivity contribution in [1.29, 1.82) is 0 Å². The molecule has 1 unspecified atom stereocenters. The standard InChI is InChI=1S/C66H85N13O15/c1-35(2)27-45(75-64(91)56(37(5)67)78-63(90)55(69)36(3)4)57(84)76-50(30-40-22-24-42(80)25-23-40)65(92)79-26-14-21-52(79)62(89)74-47(29-39-17-10-7-11-18-39)59(86)71-46(28-38-15-8-6-9-16-38)58(85)72-48(32-53(68)81)60(87)73-49(33-54(82)83)61(88)77-51(66(93)94)31-41-34-70-44-20-13-12-19-43(41)44/h6-13,15-20,22-25,34-37,45-52,55-56,70,80H,14,21,26-33,67,69H2,1-5H3,(H2,68,81)(H,71,86)(H,72,85)(H,73,87)(H,74,89)(H,75,91)(H,76,84)(H,77,88)(H,78,90)(H,82,83)(H,93,94)/t37?,45-,46-,47-,48-,49-,50-,51-,52-,55-,56-/m0/s1. The van der Waals surface area contributed by atoms with E-state index >= 15 is 4.79 Å². The van der Waals surface area contributed by atoms with Crippen molar-refractivity contribution in [2.24, 2.45) is 29.0 Å². The molecular weight excluding hydrogens is 1210 g/mol. The Hall–Kier alpha value is -10.2. The van der Waals surface area contributed by atoms with Crippen LogP contribution in [0.3, 0.4) is 0 Å². The molecule has 1 aromatic heterocycles. The van der Waals surface area contributed by atoms with E-state index in [0.717, 1.165) is 0 Å². The minimum Gasteiger partial charge on any atom is -0.508 e. The van der Waals surface area contributed by atoms with Crippen LogP contribution >= 0.6 is 0 Å². The number of phenols is 1. The van der Waals surface area contributed by atoms with Gasteiger partial charge in [0.1, 0.15) is 60.1 Å². The molecule has 11 atom stereocenters. The Labute approximate surface area is 543 Å². The third-order valence-corrected chi connectivity index (χ3v) is 15.9. The van der Waals surface area contributed by atoms with Gasteiger partial charge in [-0.2, -0.15) is 0 Å². The maximum Gasteiger partial charge on any atom is 0.326 e. The number of likely N-dealkylation sites (tertiary alicyclic amines) is 1. The molecule has 0 radical (unpaired) electrons. The minimum absolute atomic E-state index is 0.0185. The number of para-hydroxylation sites is 1. The lowest BCUT2D eigenvalue weighted by atomic mass is 9.99. The number of carboxylic acids is 2. The number of benzene rings is 4. The van der Waals surface area contributed by atoms with Crippen LogP contribution in [0.1, 0.15) is 89.0 Å². The molecule has 4 aromatic carbocycles. The first kappa shape index (κ1) is 72.8. The number of nitrogens with two attached hydrogens (primary N) is 3. The molecule has 1 aliphatic rings. The second-order valence-electron chi connectivity index (χ2n) is 24.3. The molecular formula is C66H85N13O15. The molecule has 0 aliphatic carbocycles. The number of carbonyl (C=O) groups is 12. The van der Waals surface area contributed by atoms with Crippen molar-refractivity contribution in [3.05, 3.63) is 138 Å². The summed E-state index contributed by atoms with van der Waals surface area (Å²) in [7, 11) is 0. The van der Waals surface area contributed by atoms with Gasteiger partial charge in [0.2, 0.25) is 59.1 Å². The van der Waals surface area contributed by atoms with Crippen LogP contribution in [0.2, 0.25) is 0 Å². The van der Waals surface area contributed by atoms with Crippen LogP contribution in [0.4, 0.5) is 0 Å². The fourth-order valence-electron chi connectivity index (χ4n) is 10.8. The van der Waals surface area contributed by atoms with Crippen molar-refractivity contribution in [3.63, 3.8) is 0 Å². The number of fused-ring (bicyclic) bond motifs is 1. The van der Waals surface area contributed by atoms with Gasteiger partial charge < -0.3 is 84.9 Å². The van der Waals surface area contributed by atoms with Gasteiger partial charge in [-0.1, -0.05) is 119 Å². The van der Waals surface area contributed by atoms with E-state index in [0.29, 0.717) is 39.6 Å². The minimum atomic E-state index is -1.96. The predicted molar refractivity (Wildman–Crippen MR) is 344 cm³/mol. The van der Waals surface area contributed by atoms with E-state index in [1.165, 1.54) is 24.0 Å². The molecule has 0 bridgehead atoms. The number of carbonyl (C=O) groups excluding carboxylic acids is 10. The fourth-order valence-corrected chi connectivity index (χ4v) is 10.8. The molecule has 504 valence electrons. The van der Waals surface area contributed by atoms with Crippen LogP contribution in [0, 0.1) is 11.8 Å². The Bertz CT molecular complexity index is 3490. The highest BCUT2D eigenvalue weighted by Crippen LogP contribution is 2.23. The summed E-state index contributed by atoms with van der Waals surface area (Å²) in [4.78, 5) is 170. The highest BCUT2D eigenvalue weighted by atomic mass is 16.4. The van der Waals surface area contributed by atoms with Gasteiger partial charge in [0.05, 0.1) is 18.9 Å². The van der Waals surface area contributed by atoms with Crippen LogP contribution in [-0.4, -0.2) is 169 Å². The van der Waals surface area contributed by atoms with Gasteiger partial charge in [-0.15, -0.1) is 0 Å². The molecule has 28 nitrogen and oxygen atoms in total. The highest BCUT2D eigenvalue weighted by molar-refractivity contribution is 6.00. The highest BCUT2D eigenvalue weighted by Gasteiger charge is 2.42. The summed E-state index contributed by atoms with van der Waals surface area (Å²) in [5.74, 6) is -13.0. The number of primary amides is 1. The summed E-state index contributed by atoms with van der Waals surface area (Å²) < 4.78 is 0. The van der Waals surface area contributed by atoms with E-state index in [9.17, 15) is 68.1 Å². The number of aromatic nitrogens is 1. The lowest BCUT2D eigenvalue weighted by molar-refractivity contribution is -0.144. The summed E-state index contributed by atoms with van der Waals surface area (Å²) in [6, 6.07) is 13.9. The van der Waals surface area contributed by atoms with Gasteiger partial charge in [-0.3, -0.25) is 52.7 Å². The molecule has 28 heteroatoms. The number of hydrogen-bond donors (Lipinski definition) is 15. The first-order valence-electron chi connectivity index (χ1n) is 31.0. The van der Waals surface area contributed by atoms with E-state index in [1.54, 1.807) is 117 Å². The van der Waals surface area contributed by atoms with Crippen LogP contribution in [0.5, 0.6) is 5.75 Å². The smallest absolute Gasteiger partial charge is 0.326 e. The molecule has 1 fully saturated rings. The molecule has 0 saturated carbocycles. The molecule has 10 amide bonds. The number of aromatic hydroxyl groups is 1. The maximum atomic E-state index is 15.0. The monoisotopic (exact) mass is 1300 g/mol. The topological polar surface area (TPSA) is 459 Å². The van der Waals surface area contributed by atoms with Crippen molar-refractivity contribution in [2.45, 2.75) is 159 Å². The molecule has 1 aliphatic heterocycles. The zero-order chi connectivity index (χ0) is 68.9. The number of nitrogens with one attached hydrogen (secondary N) is 9. The van der Waals surface area contributed by atoms with Crippen molar-refractivity contribution in [3.8, 4) is 5.75 Å². The van der Waals surface area contributed by atoms with Crippen LogP contribution in [-0.2, 0) is 83.2 Å². The van der Waals surface area contributed by atoms with Crippen LogP contribution in [0.25, 0.3) is 10.9 Å². The number of rotatable bonds is 34. The average molecular weight is 1300 g/mol. The number of aliphatic carboxylic acids is 2. The van der Waals surface area contributed by atoms with E-state index < -0.39 is 150 Å². The van der Waals surface area contributed by atoms with E-state index in [-0.39, 0.29) is 62.7 Å². The number of nitrogens with zero attached hydrogens (tertiary/aromatic N) is 1. The second kappa shape index (κ2) is 34.4. The second-order valence-corrected chi connectivity index (χ2v) is 24.3. The van der Waals surface area contributed by atoms with Crippen molar-refractivity contribution in [2.75, 3.05) is 6.54 Å². The number of phenolic OH excluding ortho intramolecular Hbond substituents is 1. The first-order chi connectivity index (χ1) is 44.6. The van der Waals surface area contributed by atoms with Gasteiger partial charge in [-0.05, 0) is 78.5 Å². The summed E-state index contributed by atoms with van der Waals surface area (Å²) in [5.41, 5.74) is 20.5. The van der Waals surface area contributed by atoms with Crippen molar-refractivity contribution >= 4 is 81.9 Å². The Balaban J connectivity index is 1.24. The zero-order valence-electron chi connectivity index (χ0n) is 53.0. The summed E-state index contributed by atoms with van der Waals surface area (Å²) >= 11 is 0. The van der Waals surface area contributed by atoms with E-state index in [2.05, 4.69) is 47.5 Å². The molecule has 6 rings (SSSR count). The number of carboxylic acid groups (broad SMARTS) is 2. The van der Waals surface area contributed by atoms with E-state index in [4.69, 9.17) is 17.2 Å². The van der Waals surface area contributed by atoms with Crippen molar-refractivity contribution < 1.29 is 72.9 Å². The summed E-state index contributed by atoms with van der Waals surface area (Å²) in [6.07, 6.45) is -0.821. The summed E-state index contributed by atoms with van der Waals surface area (Å²) in [6.45, 7) is 8.59. The largest absolute Gasteiger partial charge is 0.508 e. The average Bonchev–Trinajstić information content (AvgIpc) is 1.68. The Morgan fingerprint density at radius 3 is 1.55 bits per heavy atom. The number of hydrogen-bond acceptors (Lipinski definition) is 15. The lowest BCUT2D eigenvalue weighted by Crippen LogP contribution is -2.62. The normalized spacial score (nSPS) is 16.1. The molecule has 2 heterocycles. The number of amides is 10. The maximum absolute atomic E-state index is 15.0. The van der Waals surface area contributed by atoms with Gasteiger partial charge in [0.15, 0.2) is 0 Å². The number of aromatic amines is 1. The number of H-pyrrole nitrogens is 1. The quantitative estimate of drug-likeness (QED) is 0.0254. The van der Waals surface area contributed by atoms with Gasteiger partial charge >= 0.3 is 11.9 Å². The predicted octanol–water partition coefficient (Wildman–Crippen LogP) is -0.175. The molecule has 18 N–H and O–H groups in total. The third-order valence-electron chi connectivity index (χ3n) is 15.9. The van der Waals surface area contributed by atoms with Gasteiger partial charge in [-0.25, -0.2) is 4.79 Å². The lowest BCUT2D eigenvalue weighted by Gasteiger charge is -2.32. The van der Waals surface area contributed by atoms with Gasteiger partial charge in [0.25, 0.3) is 0 Å². The SMILES string of the molecule is CC(C)C[C@H](NC(=O)[C@@H](NC(=O)[C@@H](N)C(C)C)C(C)N)C(=O)N[C@@H](Cc1ccc(O)cc1)C(=O)N1CCC[C@H]1C(=O)N[C@@H](Cc1ccccc1)C(=O)N[C@@H](Cc1ccccc1)C(=O)N[C@@H](CC(N)=O)C(=O)N[C@@H](CC(=O)O)C(=O)N[C@@H](Cc1c[nH]c2ccccc12)C(=O)O. The van der Waals surface area contributed by atoms with Gasteiger partial charge in [0, 0.05) is 55.4 Å². The summed E-state index contributed by atoms with van der Waals surface area (Å²) in [5, 5.41) is 51.2. The Morgan fingerprint density at radius 2 is 1.01 bits per heavy atom. The molecule has 5 aromatic rings. The molecule has 0 spiro atoms. The Kier molecular flexibility index (Phi) is 26.7. The zero-order valence-corrected chi connectivity index (χ0v) is 53.0. The molecule has 1 saturated heterocycles. The van der Waals surface area contributed by atoms with Crippen molar-refractivity contribution in [1.82, 2.24) is 52.4 Å². The molecule has 94 heavy (non-hydrogen) atoms.